The molecule has 47 heavy (non-hydrogen) atoms. The Balaban J connectivity index is 1.25. The van der Waals surface area contributed by atoms with Crippen molar-refractivity contribution in [1.82, 2.24) is 10.7 Å². The summed E-state index contributed by atoms with van der Waals surface area (Å²) in [5, 5.41) is 15.4. The predicted molar refractivity (Wildman–Crippen MR) is 185 cm³/mol. The van der Waals surface area contributed by atoms with Gasteiger partial charge in [-0.3, -0.25) is 9.59 Å². The summed E-state index contributed by atoms with van der Waals surface area (Å²) in [5.41, 5.74) is 7.20. The molecule has 0 spiro atoms. The molecule has 2 aromatic rings. The van der Waals surface area contributed by atoms with Crippen LogP contribution in [0.3, 0.4) is 0 Å². The van der Waals surface area contributed by atoms with E-state index < -0.39 is 23.7 Å². The molecule has 1 amide bonds. The summed E-state index contributed by atoms with van der Waals surface area (Å²) in [6, 6.07) is 14.2. The van der Waals surface area contributed by atoms with E-state index >= 15 is 0 Å². The number of carbonyl (C=O) groups excluding carboxylic acids is 2. The minimum absolute atomic E-state index is 0.00330. The quantitative estimate of drug-likeness (QED) is 0.0443. The topological polar surface area (TPSA) is 158 Å². The van der Waals surface area contributed by atoms with E-state index in [0.29, 0.717) is 31.1 Å². The lowest BCUT2D eigenvalue weighted by Crippen LogP contribution is -2.65. The number of hydrogen-bond donors (Lipinski definition) is 3. The Morgan fingerprint density at radius 2 is 1.91 bits per heavy atom. The van der Waals surface area contributed by atoms with Gasteiger partial charge in [-0.15, -0.1) is 11.8 Å². The third-order valence-corrected chi connectivity index (χ3v) is 11.6. The van der Waals surface area contributed by atoms with Crippen molar-refractivity contribution >= 4 is 47.3 Å². The fraction of sp³-hybridized carbons (Fsp3) is 0.618. The maximum absolute atomic E-state index is 13.9. The standard InChI is InChI=1S/C34H48BN5O6S/c1-21(2)15-30(35-45-29-19-25-18-28(33(25,3)4)34(29,5)46-35)38-31(42)24(11-8-14-37-32(36)39-40(43)44)16-26(41)20-47-27-13-12-22-9-6-7-10-23(22)17-27/h6-7,9-10,12-13,17,21,24-25,28-30H,8,11,14-16,18-20H2,1-5H3,(H,38,42)(H3,36,37,39)/t24-,25+,28+,29-,30+,34+/m1/s1. The highest BCUT2D eigenvalue weighted by atomic mass is 32.2. The predicted octanol–water partition coefficient (Wildman–Crippen LogP) is 5.18. The zero-order chi connectivity index (χ0) is 33.9. The number of nitrogens with one attached hydrogen (secondary N) is 2. The summed E-state index contributed by atoms with van der Waals surface area (Å²) < 4.78 is 13.3. The van der Waals surface area contributed by atoms with E-state index in [1.807, 2.05) is 35.8 Å². The SMILES string of the molecule is CC(C)C[C@H](NC(=O)[C@H](CCCN=C(N)N[N+](=O)[O-])CC(=O)CSc1ccc2ccccc2c1)B1O[C@@H]2C[C@@H]3C[C@@H](C3(C)C)[C@]2(C)O1. The van der Waals surface area contributed by atoms with E-state index in [1.54, 1.807) is 0 Å². The van der Waals surface area contributed by atoms with Gasteiger partial charge in [0.2, 0.25) is 5.91 Å². The summed E-state index contributed by atoms with van der Waals surface area (Å²) in [6.45, 7) is 11.2. The lowest BCUT2D eigenvalue weighted by molar-refractivity contribution is -0.525. The zero-order valence-corrected chi connectivity index (χ0v) is 28.9. The molecule has 2 aromatic carbocycles. The second kappa shape index (κ2) is 14.5. The normalized spacial score (nSPS) is 26.0. The first-order valence-electron chi connectivity index (χ1n) is 16.7. The molecule has 11 nitrogen and oxygen atoms in total. The van der Waals surface area contributed by atoms with Crippen molar-refractivity contribution in [1.29, 1.82) is 0 Å². The number of carbonyl (C=O) groups is 2. The van der Waals surface area contributed by atoms with Crippen LogP contribution in [0.4, 0.5) is 0 Å². The van der Waals surface area contributed by atoms with Crippen LogP contribution < -0.4 is 16.5 Å². The Morgan fingerprint density at radius 3 is 2.62 bits per heavy atom. The number of nitro groups is 1. The second-order valence-corrected chi connectivity index (χ2v) is 15.6. The number of fused-ring (bicyclic) bond motifs is 1. The number of benzene rings is 2. The highest BCUT2D eigenvalue weighted by Gasteiger charge is 2.68. The minimum atomic E-state index is -0.774. The fourth-order valence-corrected chi connectivity index (χ4v) is 8.68. The Kier molecular flexibility index (Phi) is 10.9. The van der Waals surface area contributed by atoms with Crippen molar-refractivity contribution in [3.05, 3.63) is 52.6 Å². The van der Waals surface area contributed by atoms with Gasteiger partial charge < -0.3 is 20.4 Å². The molecule has 13 heteroatoms. The summed E-state index contributed by atoms with van der Waals surface area (Å²) in [4.78, 5) is 42.9. The summed E-state index contributed by atoms with van der Waals surface area (Å²) >= 11 is 1.46. The molecule has 0 radical (unpaired) electrons. The maximum Gasteiger partial charge on any atom is 0.481 e. The number of hydrazine groups is 1. The lowest BCUT2D eigenvalue weighted by Gasteiger charge is -2.64. The van der Waals surface area contributed by atoms with Crippen LogP contribution >= 0.6 is 11.8 Å². The molecule has 0 unspecified atom stereocenters. The first-order chi connectivity index (χ1) is 22.3. The number of nitrogens with zero attached hydrogens (tertiary/aromatic N) is 2. The van der Waals surface area contributed by atoms with E-state index in [-0.39, 0.29) is 59.7 Å². The van der Waals surface area contributed by atoms with E-state index in [1.165, 1.54) is 11.8 Å². The van der Waals surface area contributed by atoms with Gasteiger partial charge >= 0.3 is 7.12 Å². The summed E-state index contributed by atoms with van der Waals surface area (Å²) in [5.74, 6) is -0.00244. The van der Waals surface area contributed by atoms with E-state index in [9.17, 15) is 19.7 Å². The molecule has 1 aliphatic heterocycles. The molecule has 1 saturated heterocycles. The Morgan fingerprint density at radius 1 is 1.17 bits per heavy atom. The zero-order valence-electron chi connectivity index (χ0n) is 28.1. The molecule has 3 aliphatic carbocycles. The smallest absolute Gasteiger partial charge is 0.404 e. The molecule has 6 rings (SSSR count). The molecule has 3 saturated carbocycles. The van der Waals surface area contributed by atoms with Crippen LogP contribution in [0.15, 0.2) is 52.4 Å². The molecular weight excluding hydrogens is 617 g/mol. The van der Waals surface area contributed by atoms with Crippen molar-refractivity contribution in [3.8, 4) is 0 Å². The fourth-order valence-electron chi connectivity index (χ4n) is 7.86. The van der Waals surface area contributed by atoms with Crippen LogP contribution in [0.1, 0.15) is 73.1 Å². The number of Topliss-reactive ketones (excluding diaryl/α,β-unsaturated/α-hetero) is 1. The van der Waals surface area contributed by atoms with E-state index in [0.717, 1.165) is 28.5 Å². The monoisotopic (exact) mass is 665 g/mol. The average Bonchev–Trinajstić information content (AvgIpc) is 3.37. The Labute approximate surface area is 281 Å². The maximum atomic E-state index is 13.9. The first-order valence-corrected chi connectivity index (χ1v) is 17.7. The number of hydrogen-bond acceptors (Lipinski definition) is 8. The summed E-state index contributed by atoms with van der Waals surface area (Å²) in [7, 11) is -0.566. The Hall–Kier alpha value is -3.16. The van der Waals surface area contributed by atoms with Crippen molar-refractivity contribution in [3.63, 3.8) is 0 Å². The van der Waals surface area contributed by atoms with Gasteiger partial charge in [0, 0.05) is 23.8 Å². The number of rotatable bonds is 15. The van der Waals surface area contributed by atoms with Gasteiger partial charge in [-0.05, 0) is 85.1 Å². The van der Waals surface area contributed by atoms with Crippen LogP contribution in [0.2, 0.25) is 0 Å². The largest absolute Gasteiger partial charge is 0.481 e. The number of ketones is 1. The molecule has 0 aromatic heterocycles. The van der Waals surface area contributed by atoms with Crippen molar-refractivity contribution in [2.24, 2.45) is 39.8 Å². The van der Waals surface area contributed by atoms with Gasteiger partial charge in [0.1, 0.15) is 5.78 Å². The van der Waals surface area contributed by atoms with Crippen LogP contribution in [0.25, 0.3) is 10.8 Å². The van der Waals surface area contributed by atoms with Gasteiger partial charge in [0.05, 0.1) is 23.4 Å². The van der Waals surface area contributed by atoms with E-state index in [2.05, 4.69) is 57.1 Å². The lowest BCUT2D eigenvalue weighted by atomic mass is 9.43. The van der Waals surface area contributed by atoms with Crippen LogP contribution in [-0.2, 0) is 18.9 Å². The highest BCUT2D eigenvalue weighted by Crippen LogP contribution is 2.65. The molecule has 4 aliphatic rings. The molecule has 1 heterocycles. The number of thioether (sulfide) groups is 1. The van der Waals surface area contributed by atoms with Crippen molar-refractivity contribution in [2.45, 2.75) is 95.7 Å². The van der Waals surface area contributed by atoms with Crippen molar-refractivity contribution < 1.29 is 23.9 Å². The Bertz CT molecular complexity index is 1510. The van der Waals surface area contributed by atoms with Crippen LogP contribution in [0, 0.1) is 39.2 Å². The second-order valence-electron chi connectivity index (χ2n) is 14.6. The molecule has 4 N–H and O–H groups in total. The van der Waals surface area contributed by atoms with E-state index in [4.69, 9.17) is 15.0 Å². The summed E-state index contributed by atoms with van der Waals surface area (Å²) in [6.07, 6.45) is 3.62. The van der Waals surface area contributed by atoms with Crippen LogP contribution in [0.5, 0.6) is 0 Å². The third-order valence-electron chi connectivity index (χ3n) is 10.5. The van der Waals surface area contributed by atoms with Gasteiger partial charge in [0.25, 0.3) is 5.96 Å². The van der Waals surface area contributed by atoms with Gasteiger partial charge in [-0.2, -0.15) is 0 Å². The number of nitrogens with two attached hydrogens (primary N) is 1. The molecule has 6 atom stereocenters. The average molecular weight is 666 g/mol. The highest BCUT2D eigenvalue weighted by molar-refractivity contribution is 8.00. The number of amides is 1. The van der Waals surface area contributed by atoms with Gasteiger partial charge in [-0.25, -0.2) is 15.1 Å². The van der Waals surface area contributed by atoms with Gasteiger partial charge in [-0.1, -0.05) is 63.5 Å². The van der Waals surface area contributed by atoms with Crippen molar-refractivity contribution in [2.75, 3.05) is 12.3 Å². The third kappa shape index (κ3) is 8.12. The number of aliphatic imine (C=N–C) groups is 1. The molecular formula is C34H48BN5O6S. The molecule has 2 bridgehead atoms. The molecule has 254 valence electrons. The first kappa shape index (κ1) is 35.2. The molecule has 4 fully saturated rings. The number of guanidine groups is 1. The van der Waals surface area contributed by atoms with Crippen LogP contribution in [-0.4, -0.2) is 59.7 Å². The van der Waals surface area contributed by atoms with Gasteiger partial charge in [0.15, 0.2) is 5.03 Å². The minimum Gasteiger partial charge on any atom is -0.404 e.